The summed E-state index contributed by atoms with van der Waals surface area (Å²) in [6.07, 6.45) is 0.270. The number of benzene rings is 2. The Morgan fingerprint density at radius 3 is 2.20 bits per heavy atom. The van der Waals surface area contributed by atoms with Gasteiger partial charge in [-0.2, -0.15) is 0 Å². The van der Waals surface area contributed by atoms with Crippen LogP contribution in [-0.4, -0.2) is 32.0 Å². The molecule has 0 saturated carbocycles. The second kappa shape index (κ2) is 9.44. The van der Waals surface area contributed by atoms with Gasteiger partial charge >= 0.3 is 0 Å². The van der Waals surface area contributed by atoms with Gasteiger partial charge in [-0.3, -0.25) is 9.59 Å². The zero-order valence-electron chi connectivity index (χ0n) is 14.2. The van der Waals surface area contributed by atoms with Crippen molar-refractivity contribution in [1.82, 2.24) is 0 Å². The van der Waals surface area contributed by atoms with Crippen LogP contribution in [0.2, 0.25) is 0 Å². The summed E-state index contributed by atoms with van der Waals surface area (Å²) in [6, 6.07) is 13.8. The quantitative estimate of drug-likeness (QED) is 0.684. The van der Waals surface area contributed by atoms with Gasteiger partial charge < -0.3 is 20.5 Å². The van der Waals surface area contributed by atoms with Crippen molar-refractivity contribution in [3.8, 4) is 11.5 Å². The predicted octanol–water partition coefficient (Wildman–Crippen LogP) is 2.63. The number of nitrogens with two attached hydrogens (primary N) is 1. The second-order valence-corrected chi connectivity index (χ2v) is 5.36. The van der Waals surface area contributed by atoms with Crippen molar-refractivity contribution in [3.63, 3.8) is 0 Å². The van der Waals surface area contributed by atoms with E-state index in [-0.39, 0.29) is 24.5 Å². The highest BCUT2D eigenvalue weighted by atomic mass is 16.5. The van der Waals surface area contributed by atoms with E-state index in [9.17, 15) is 9.59 Å². The maximum absolute atomic E-state index is 12.1. The van der Waals surface area contributed by atoms with E-state index in [0.29, 0.717) is 35.9 Å². The summed E-state index contributed by atoms with van der Waals surface area (Å²) in [7, 11) is 1.57. The Bertz CT molecular complexity index is 696. The second-order valence-electron chi connectivity index (χ2n) is 5.36. The van der Waals surface area contributed by atoms with Gasteiger partial charge in [0.2, 0.25) is 5.91 Å². The molecule has 0 spiro atoms. The van der Waals surface area contributed by atoms with E-state index in [0.717, 1.165) is 0 Å². The minimum atomic E-state index is -0.211. The lowest BCUT2D eigenvalue weighted by Crippen LogP contribution is -2.13. The van der Waals surface area contributed by atoms with Crippen molar-refractivity contribution in [2.24, 2.45) is 5.73 Å². The molecule has 0 radical (unpaired) electrons. The normalized spacial score (nSPS) is 10.2. The average molecular weight is 342 g/mol. The summed E-state index contributed by atoms with van der Waals surface area (Å²) in [5.41, 5.74) is 6.59. The van der Waals surface area contributed by atoms with Gasteiger partial charge in [-0.15, -0.1) is 0 Å². The summed E-state index contributed by atoms with van der Waals surface area (Å²) < 4.78 is 10.4. The molecule has 0 saturated heterocycles. The third-order valence-corrected chi connectivity index (χ3v) is 3.52. The number of rotatable bonds is 9. The molecule has 0 fully saturated rings. The van der Waals surface area contributed by atoms with Crippen LogP contribution in [0.4, 0.5) is 5.69 Å². The number of Topliss-reactive ketones (excluding diaryl/α,β-unsaturated/α-hetero) is 1. The Morgan fingerprint density at radius 2 is 1.60 bits per heavy atom. The molecular formula is C19H22N2O4. The third kappa shape index (κ3) is 5.93. The highest BCUT2D eigenvalue weighted by Crippen LogP contribution is 2.17. The van der Waals surface area contributed by atoms with Gasteiger partial charge in [-0.1, -0.05) is 0 Å². The number of amides is 1. The molecule has 2 aromatic rings. The molecule has 25 heavy (non-hydrogen) atoms. The van der Waals surface area contributed by atoms with Crippen LogP contribution in [0.1, 0.15) is 23.2 Å². The number of methoxy groups -OCH3 is 1. The van der Waals surface area contributed by atoms with Gasteiger partial charge in [0.25, 0.3) is 0 Å². The molecule has 6 heteroatoms. The van der Waals surface area contributed by atoms with Crippen LogP contribution in [-0.2, 0) is 4.79 Å². The number of ether oxygens (including phenoxy) is 2. The molecule has 1 amide bonds. The van der Waals surface area contributed by atoms with Gasteiger partial charge in [-0.05, 0) is 48.5 Å². The van der Waals surface area contributed by atoms with Gasteiger partial charge in [0.15, 0.2) is 5.78 Å². The van der Waals surface area contributed by atoms with Gasteiger partial charge in [-0.25, -0.2) is 0 Å². The van der Waals surface area contributed by atoms with Crippen molar-refractivity contribution in [1.29, 1.82) is 0 Å². The fourth-order valence-electron chi connectivity index (χ4n) is 2.18. The molecule has 0 aliphatic carbocycles. The standard InChI is InChI=1S/C19H22N2O4/c1-24-16-6-2-14(3-7-16)18(22)10-11-19(23)21-15-4-8-17(9-5-15)25-13-12-20/h2-9H,10-13,20H2,1H3,(H,21,23). The van der Waals surface area contributed by atoms with E-state index >= 15 is 0 Å². The average Bonchev–Trinajstić information content (AvgIpc) is 2.65. The van der Waals surface area contributed by atoms with Crippen LogP contribution in [0.25, 0.3) is 0 Å². The topological polar surface area (TPSA) is 90.7 Å². The smallest absolute Gasteiger partial charge is 0.224 e. The molecule has 3 N–H and O–H groups in total. The van der Waals surface area contributed by atoms with Gasteiger partial charge in [0.05, 0.1) is 7.11 Å². The first-order chi connectivity index (χ1) is 12.1. The first kappa shape index (κ1) is 18.5. The SMILES string of the molecule is COc1ccc(C(=O)CCC(=O)Nc2ccc(OCCN)cc2)cc1. The molecule has 0 aromatic heterocycles. The summed E-state index contributed by atoms with van der Waals surface area (Å²) in [4.78, 5) is 24.1. The number of ketones is 1. The van der Waals surface area contributed by atoms with Crippen LogP contribution >= 0.6 is 0 Å². The molecule has 132 valence electrons. The van der Waals surface area contributed by atoms with Crippen LogP contribution in [0.3, 0.4) is 0 Å². The highest BCUT2D eigenvalue weighted by molar-refractivity contribution is 6.00. The summed E-state index contributed by atoms with van der Waals surface area (Å²) in [5.74, 6) is 1.09. The zero-order valence-corrected chi connectivity index (χ0v) is 14.2. The third-order valence-electron chi connectivity index (χ3n) is 3.52. The van der Waals surface area contributed by atoms with Crippen molar-refractivity contribution < 1.29 is 19.1 Å². The molecule has 0 unspecified atom stereocenters. The fourth-order valence-corrected chi connectivity index (χ4v) is 2.18. The number of hydrogen-bond donors (Lipinski definition) is 2. The van der Waals surface area contributed by atoms with Crippen LogP contribution in [0, 0.1) is 0 Å². The molecule has 0 atom stereocenters. The number of carbonyl (C=O) groups excluding carboxylic acids is 2. The lowest BCUT2D eigenvalue weighted by atomic mass is 10.1. The predicted molar refractivity (Wildman–Crippen MR) is 96.2 cm³/mol. The lowest BCUT2D eigenvalue weighted by molar-refractivity contribution is -0.116. The van der Waals surface area contributed by atoms with Crippen molar-refractivity contribution in [2.45, 2.75) is 12.8 Å². The van der Waals surface area contributed by atoms with Gasteiger partial charge in [0, 0.05) is 30.6 Å². The van der Waals surface area contributed by atoms with E-state index in [2.05, 4.69) is 5.32 Å². The molecule has 0 heterocycles. The largest absolute Gasteiger partial charge is 0.497 e. The summed E-state index contributed by atoms with van der Waals surface area (Å²) in [6.45, 7) is 0.889. The van der Waals surface area contributed by atoms with E-state index in [1.807, 2.05) is 0 Å². The number of nitrogens with one attached hydrogen (secondary N) is 1. The number of hydrogen-bond acceptors (Lipinski definition) is 5. The number of anilines is 1. The van der Waals surface area contributed by atoms with Crippen LogP contribution in [0.5, 0.6) is 11.5 Å². The molecule has 0 bridgehead atoms. The summed E-state index contributed by atoms with van der Waals surface area (Å²) in [5, 5.41) is 2.76. The first-order valence-corrected chi connectivity index (χ1v) is 8.02. The first-order valence-electron chi connectivity index (χ1n) is 8.02. The number of carbonyl (C=O) groups is 2. The Labute approximate surface area is 146 Å². The van der Waals surface area contributed by atoms with E-state index in [4.69, 9.17) is 15.2 Å². The Kier molecular flexibility index (Phi) is 6.98. The van der Waals surface area contributed by atoms with Crippen LogP contribution < -0.4 is 20.5 Å². The van der Waals surface area contributed by atoms with E-state index in [1.54, 1.807) is 55.6 Å². The van der Waals surface area contributed by atoms with Gasteiger partial charge in [0.1, 0.15) is 18.1 Å². The Morgan fingerprint density at radius 1 is 0.960 bits per heavy atom. The minimum Gasteiger partial charge on any atom is -0.497 e. The maximum atomic E-state index is 12.1. The monoisotopic (exact) mass is 342 g/mol. The molecule has 0 aliphatic heterocycles. The van der Waals surface area contributed by atoms with Crippen LogP contribution in [0.15, 0.2) is 48.5 Å². The summed E-state index contributed by atoms with van der Waals surface area (Å²) >= 11 is 0. The fraction of sp³-hybridized carbons (Fsp3) is 0.263. The van der Waals surface area contributed by atoms with Crippen molar-refractivity contribution in [3.05, 3.63) is 54.1 Å². The highest BCUT2D eigenvalue weighted by Gasteiger charge is 2.10. The molecule has 2 aromatic carbocycles. The maximum Gasteiger partial charge on any atom is 0.224 e. The van der Waals surface area contributed by atoms with Crippen molar-refractivity contribution in [2.75, 3.05) is 25.6 Å². The molecular weight excluding hydrogens is 320 g/mol. The molecule has 2 rings (SSSR count). The lowest BCUT2D eigenvalue weighted by Gasteiger charge is -2.08. The zero-order chi connectivity index (χ0) is 18.1. The Hall–Kier alpha value is -2.86. The van der Waals surface area contributed by atoms with E-state index in [1.165, 1.54) is 0 Å². The molecule has 6 nitrogen and oxygen atoms in total. The Balaban J connectivity index is 1.80. The minimum absolute atomic E-state index is 0.0802. The molecule has 0 aliphatic rings. The van der Waals surface area contributed by atoms with E-state index < -0.39 is 0 Å². The van der Waals surface area contributed by atoms with Crippen molar-refractivity contribution >= 4 is 17.4 Å².